The van der Waals surface area contributed by atoms with Crippen LogP contribution in [0, 0.1) is 0 Å². The molecule has 0 spiro atoms. The summed E-state index contributed by atoms with van der Waals surface area (Å²) in [6.07, 6.45) is 0.683. The summed E-state index contributed by atoms with van der Waals surface area (Å²) in [7, 11) is 1.78. The molecule has 0 amide bonds. The number of aryl methyl sites for hydroxylation is 1. The molecule has 0 unspecified atom stereocenters. The molecule has 144 valence electrons. The van der Waals surface area contributed by atoms with Gasteiger partial charge >= 0.3 is 0 Å². The molecule has 0 bridgehead atoms. The molecule has 0 aromatic carbocycles. The Hall–Kier alpha value is -2.69. The van der Waals surface area contributed by atoms with Gasteiger partial charge in [0, 0.05) is 25.6 Å². The first-order valence-electron chi connectivity index (χ1n) is 8.94. The van der Waals surface area contributed by atoms with Crippen molar-refractivity contribution in [1.29, 1.82) is 0 Å². The minimum Gasteiger partial charge on any atom is -0.388 e. The lowest BCUT2D eigenvalue weighted by molar-refractivity contribution is 0.0839. The van der Waals surface area contributed by atoms with Gasteiger partial charge in [-0.25, -0.2) is 19.3 Å². The molecule has 0 aliphatic carbocycles. The summed E-state index contributed by atoms with van der Waals surface area (Å²) in [5.41, 5.74) is 0.279. The van der Waals surface area contributed by atoms with Crippen molar-refractivity contribution >= 4 is 17.0 Å². The summed E-state index contributed by atoms with van der Waals surface area (Å²) >= 11 is 0. The van der Waals surface area contributed by atoms with Crippen LogP contribution in [-0.2, 0) is 19.0 Å². The monoisotopic (exact) mass is 372 g/mol. The number of tetrazole rings is 1. The van der Waals surface area contributed by atoms with Crippen LogP contribution in [0.2, 0.25) is 0 Å². The van der Waals surface area contributed by atoms with Crippen molar-refractivity contribution in [3.8, 4) is 0 Å². The normalized spacial score (nSPS) is 20.7. The second-order valence-corrected chi connectivity index (χ2v) is 8.43. The predicted molar refractivity (Wildman–Crippen MR) is 97.2 cm³/mol. The van der Waals surface area contributed by atoms with Gasteiger partial charge in [0.05, 0.1) is 5.60 Å². The van der Waals surface area contributed by atoms with Gasteiger partial charge < -0.3 is 10.0 Å². The fourth-order valence-corrected chi connectivity index (χ4v) is 3.15. The quantitative estimate of drug-likeness (QED) is 0.679. The molecule has 3 aromatic rings. The van der Waals surface area contributed by atoms with E-state index < -0.39 is 5.60 Å². The molecule has 11 heteroatoms. The average molecular weight is 372 g/mol. The first-order valence-corrected chi connectivity index (χ1v) is 8.94. The van der Waals surface area contributed by atoms with E-state index >= 15 is 0 Å². The number of rotatable bonds is 3. The van der Waals surface area contributed by atoms with E-state index in [-0.39, 0.29) is 5.41 Å². The highest BCUT2D eigenvalue weighted by Gasteiger charge is 2.34. The van der Waals surface area contributed by atoms with E-state index in [1.54, 1.807) is 16.4 Å². The summed E-state index contributed by atoms with van der Waals surface area (Å²) in [6, 6.07) is 0. The van der Waals surface area contributed by atoms with Crippen molar-refractivity contribution in [3.05, 3.63) is 11.6 Å². The highest BCUT2D eigenvalue weighted by Crippen LogP contribution is 2.31. The molecule has 1 saturated heterocycles. The SMILES string of the molecule is Cn1nnnc1Cn1nnc2c(N3CC[C@@](C)(O)C3)nc(C(C)(C)C)nc21. The molecular formula is C16H24N10O. The first kappa shape index (κ1) is 17.7. The standard InChI is InChI=1S/C16H24N10O/c1-15(2,3)14-17-12(25-7-6-16(4,27)9-25)11-13(18-14)26(22-20-11)8-10-19-21-23-24(10)5/h27H,6-9H2,1-5H3/t16-/m1/s1. The summed E-state index contributed by atoms with van der Waals surface area (Å²) in [5.74, 6) is 2.07. The van der Waals surface area contributed by atoms with Crippen LogP contribution in [0.15, 0.2) is 0 Å². The lowest BCUT2D eigenvalue weighted by Gasteiger charge is -2.23. The van der Waals surface area contributed by atoms with Crippen LogP contribution in [0.1, 0.15) is 45.8 Å². The Bertz CT molecular complexity index is 983. The number of fused-ring (bicyclic) bond motifs is 1. The lowest BCUT2D eigenvalue weighted by Crippen LogP contribution is -2.31. The van der Waals surface area contributed by atoms with E-state index in [0.29, 0.717) is 54.7 Å². The van der Waals surface area contributed by atoms with Crippen molar-refractivity contribution in [2.75, 3.05) is 18.0 Å². The third-order valence-corrected chi connectivity index (χ3v) is 4.77. The van der Waals surface area contributed by atoms with Crippen molar-refractivity contribution in [2.24, 2.45) is 7.05 Å². The van der Waals surface area contributed by atoms with E-state index in [9.17, 15) is 5.11 Å². The fraction of sp³-hybridized carbons (Fsp3) is 0.688. The van der Waals surface area contributed by atoms with E-state index in [4.69, 9.17) is 9.97 Å². The van der Waals surface area contributed by atoms with Gasteiger partial charge in [-0.3, -0.25) is 0 Å². The van der Waals surface area contributed by atoms with Crippen molar-refractivity contribution in [2.45, 2.75) is 51.7 Å². The lowest BCUT2D eigenvalue weighted by atomic mass is 9.96. The zero-order valence-corrected chi connectivity index (χ0v) is 16.2. The van der Waals surface area contributed by atoms with Crippen molar-refractivity contribution < 1.29 is 5.11 Å². The summed E-state index contributed by atoms with van der Waals surface area (Å²) in [6.45, 7) is 9.62. The molecule has 3 aromatic heterocycles. The first-order chi connectivity index (χ1) is 12.6. The maximum Gasteiger partial charge on any atom is 0.184 e. The van der Waals surface area contributed by atoms with Gasteiger partial charge in [0.1, 0.15) is 12.4 Å². The number of hydrogen-bond acceptors (Lipinski definition) is 9. The Balaban J connectivity index is 1.84. The molecule has 1 atom stereocenters. The molecule has 11 nitrogen and oxygen atoms in total. The van der Waals surface area contributed by atoms with Gasteiger partial charge in [0.25, 0.3) is 0 Å². The maximum absolute atomic E-state index is 10.4. The molecule has 27 heavy (non-hydrogen) atoms. The average Bonchev–Trinajstić information content (AvgIpc) is 3.26. The third kappa shape index (κ3) is 3.22. The van der Waals surface area contributed by atoms with Gasteiger partial charge in [0.2, 0.25) is 0 Å². The number of hydrogen-bond donors (Lipinski definition) is 1. The topological polar surface area (TPSA) is 124 Å². The summed E-state index contributed by atoms with van der Waals surface area (Å²) in [5, 5.41) is 30.5. The smallest absolute Gasteiger partial charge is 0.184 e. The predicted octanol–water partition coefficient (Wildman–Crippen LogP) is 0.0517. The second-order valence-electron chi connectivity index (χ2n) is 8.43. The highest BCUT2D eigenvalue weighted by molar-refractivity contribution is 5.83. The van der Waals surface area contributed by atoms with E-state index in [1.807, 2.05) is 6.92 Å². The van der Waals surface area contributed by atoms with Gasteiger partial charge in [0.15, 0.2) is 22.8 Å². The molecule has 1 N–H and O–H groups in total. The van der Waals surface area contributed by atoms with E-state index in [0.717, 1.165) is 0 Å². The van der Waals surface area contributed by atoms with Gasteiger partial charge in [-0.2, -0.15) is 0 Å². The molecule has 4 rings (SSSR count). The van der Waals surface area contributed by atoms with Crippen molar-refractivity contribution in [3.63, 3.8) is 0 Å². The van der Waals surface area contributed by atoms with Crippen LogP contribution in [0.3, 0.4) is 0 Å². The zero-order valence-electron chi connectivity index (χ0n) is 16.2. The Labute approximate surface area is 156 Å². The van der Waals surface area contributed by atoms with Crippen LogP contribution in [0.5, 0.6) is 0 Å². The Morgan fingerprint density at radius 3 is 2.52 bits per heavy atom. The van der Waals surface area contributed by atoms with Crippen LogP contribution in [-0.4, -0.2) is 69.0 Å². The maximum atomic E-state index is 10.4. The molecule has 1 aliphatic heterocycles. The second kappa shape index (κ2) is 5.91. The van der Waals surface area contributed by atoms with Gasteiger partial charge in [-0.1, -0.05) is 26.0 Å². The molecule has 0 radical (unpaired) electrons. The van der Waals surface area contributed by atoms with Gasteiger partial charge in [-0.05, 0) is 23.8 Å². The van der Waals surface area contributed by atoms with Crippen LogP contribution < -0.4 is 4.90 Å². The summed E-state index contributed by atoms with van der Waals surface area (Å²) in [4.78, 5) is 11.6. The largest absolute Gasteiger partial charge is 0.388 e. The zero-order chi connectivity index (χ0) is 19.4. The van der Waals surface area contributed by atoms with E-state index in [1.165, 1.54) is 0 Å². The Kier molecular flexibility index (Phi) is 3.88. The number of aromatic nitrogens is 9. The molecule has 4 heterocycles. The molecule has 0 saturated carbocycles. The number of anilines is 1. The minimum atomic E-state index is -0.737. The highest BCUT2D eigenvalue weighted by atomic mass is 16.3. The molecule has 1 aliphatic rings. The van der Waals surface area contributed by atoms with E-state index in [2.05, 4.69) is 51.5 Å². The van der Waals surface area contributed by atoms with Gasteiger partial charge in [-0.15, -0.1) is 10.2 Å². The van der Waals surface area contributed by atoms with Crippen LogP contribution in [0.4, 0.5) is 5.82 Å². The van der Waals surface area contributed by atoms with Crippen LogP contribution in [0.25, 0.3) is 11.2 Å². The van der Waals surface area contributed by atoms with Crippen molar-refractivity contribution in [1.82, 2.24) is 45.2 Å². The fourth-order valence-electron chi connectivity index (χ4n) is 3.15. The minimum absolute atomic E-state index is 0.243. The number of aliphatic hydroxyl groups is 1. The van der Waals surface area contributed by atoms with Crippen LogP contribution >= 0.6 is 0 Å². The Morgan fingerprint density at radius 2 is 1.93 bits per heavy atom. The summed E-state index contributed by atoms with van der Waals surface area (Å²) < 4.78 is 3.29. The number of nitrogens with zero attached hydrogens (tertiary/aromatic N) is 10. The molecular weight excluding hydrogens is 348 g/mol. The number of β-amino-alcohol motifs (C(OH)–C–C–N with tert-alkyl or cyclic N) is 1. The Morgan fingerprint density at radius 1 is 1.15 bits per heavy atom. The molecule has 1 fully saturated rings. The third-order valence-electron chi connectivity index (χ3n) is 4.77.